The number of methoxy groups -OCH3 is 1. The quantitative estimate of drug-likeness (QED) is 0.752. The smallest absolute Gasteiger partial charge is 0.231 e. The maximum atomic E-state index is 12.7. The molecule has 0 saturated carbocycles. The summed E-state index contributed by atoms with van der Waals surface area (Å²) < 4.78 is 16.3. The summed E-state index contributed by atoms with van der Waals surface area (Å²) in [6, 6.07) is 11.4. The number of anilines is 2. The predicted molar refractivity (Wildman–Crippen MR) is 101 cm³/mol. The number of benzene rings is 2. The summed E-state index contributed by atoms with van der Waals surface area (Å²) >= 11 is 0. The first-order chi connectivity index (χ1) is 13.2. The predicted octanol–water partition coefficient (Wildman–Crippen LogP) is 4.23. The Kier molecular flexibility index (Phi) is 3.63. The number of aromatic nitrogens is 1. The van der Waals surface area contributed by atoms with Gasteiger partial charge in [0.15, 0.2) is 17.3 Å². The Bertz CT molecular complexity index is 1080. The Morgan fingerprint density at radius 1 is 1.11 bits per heavy atom. The summed E-state index contributed by atoms with van der Waals surface area (Å²) in [5, 5.41) is 4.28. The lowest BCUT2D eigenvalue weighted by molar-refractivity contribution is 0.0972. The van der Waals surface area contributed by atoms with Crippen molar-refractivity contribution >= 4 is 28.1 Å². The highest BCUT2D eigenvalue weighted by atomic mass is 16.7. The van der Waals surface area contributed by atoms with E-state index >= 15 is 0 Å². The van der Waals surface area contributed by atoms with Crippen molar-refractivity contribution in [1.82, 2.24) is 4.98 Å². The minimum atomic E-state index is 0.119. The van der Waals surface area contributed by atoms with Gasteiger partial charge in [-0.15, -0.1) is 0 Å². The lowest BCUT2D eigenvalue weighted by Gasteiger charge is -2.21. The van der Waals surface area contributed by atoms with E-state index in [9.17, 15) is 4.79 Å². The van der Waals surface area contributed by atoms with Crippen LogP contribution in [-0.2, 0) is 6.42 Å². The zero-order valence-corrected chi connectivity index (χ0v) is 14.9. The second kappa shape index (κ2) is 6.16. The molecule has 6 heteroatoms. The highest BCUT2D eigenvalue weighted by Gasteiger charge is 2.26. The average Bonchev–Trinajstić information content (AvgIpc) is 3.14. The Hall–Kier alpha value is -3.28. The van der Waals surface area contributed by atoms with Gasteiger partial charge in [-0.25, -0.2) is 0 Å². The molecule has 0 spiro atoms. The van der Waals surface area contributed by atoms with Crippen LogP contribution in [0.1, 0.15) is 28.9 Å². The molecule has 0 atom stereocenters. The number of rotatable bonds is 3. The molecule has 136 valence electrons. The number of ketones is 1. The molecule has 2 aliphatic rings. The minimum Gasteiger partial charge on any atom is -0.497 e. The zero-order chi connectivity index (χ0) is 18.4. The van der Waals surface area contributed by atoms with Gasteiger partial charge in [-0.05, 0) is 31.0 Å². The van der Waals surface area contributed by atoms with Crippen LogP contribution >= 0.6 is 0 Å². The molecule has 27 heavy (non-hydrogen) atoms. The summed E-state index contributed by atoms with van der Waals surface area (Å²) in [5.41, 5.74) is 3.92. The van der Waals surface area contributed by atoms with Gasteiger partial charge in [0.05, 0.1) is 29.6 Å². The minimum absolute atomic E-state index is 0.119. The van der Waals surface area contributed by atoms with E-state index in [1.165, 1.54) is 0 Å². The number of aryl methyl sites for hydroxylation is 1. The lowest BCUT2D eigenvalue weighted by atomic mass is 9.91. The molecule has 0 fully saturated rings. The molecule has 1 aliphatic heterocycles. The van der Waals surface area contributed by atoms with E-state index in [2.05, 4.69) is 5.32 Å². The molecule has 1 aromatic heterocycles. The van der Waals surface area contributed by atoms with Gasteiger partial charge in [-0.3, -0.25) is 9.78 Å². The van der Waals surface area contributed by atoms with Crippen molar-refractivity contribution in [1.29, 1.82) is 0 Å². The second-order valence-corrected chi connectivity index (χ2v) is 6.66. The molecular weight excluding hydrogens is 344 g/mol. The van der Waals surface area contributed by atoms with Crippen molar-refractivity contribution in [3.05, 3.63) is 47.7 Å². The fourth-order valence-electron chi connectivity index (χ4n) is 3.70. The number of hydrogen-bond acceptors (Lipinski definition) is 6. The number of carbonyl (C=O) groups is 1. The Labute approximate surface area is 156 Å². The largest absolute Gasteiger partial charge is 0.497 e. The number of fused-ring (bicyclic) bond motifs is 3. The van der Waals surface area contributed by atoms with Crippen LogP contribution in [-0.4, -0.2) is 24.7 Å². The summed E-state index contributed by atoms with van der Waals surface area (Å²) in [7, 11) is 1.63. The van der Waals surface area contributed by atoms with E-state index in [1.807, 2.05) is 36.4 Å². The fourth-order valence-corrected chi connectivity index (χ4v) is 3.70. The number of nitrogens with one attached hydrogen (secondary N) is 1. The van der Waals surface area contributed by atoms with Gasteiger partial charge in [-0.2, -0.15) is 0 Å². The van der Waals surface area contributed by atoms with Crippen LogP contribution in [0.15, 0.2) is 36.4 Å². The third-order valence-corrected chi connectivity index (χ3v) is 4.99. The summed E-state index contributed by atoms with van der Waals surface area (Å²) in [6.45, 7) is 0.197. The summed E-state index contributed by atoms with van der Waals surface area (Å²) in [5.74, 6) is 2.22. The fraction of sp³-hybridized carbons (Fsp3) is 0.238. The van der Waals surface area contributed by atoms with Gasteiger partial charge in [0.2, 0.25) is 6.79 Å². The molecule has 0 bridgehead atoms. The van der Waals surface area contributed by atoms with E-state index < -0.39 is 0 Å². The monoisotopic (exact) mass is 362 g/mol. The summed E-state index contributed by atoms with van der Waals surface area (Å²) in [4.78, 5) is 17.5. The van der Waals surface area contributed by atoms with Crippen LogP contribution in [0.3, 0.4) is 0 Å². The van der Waals surface area contributed by atoms with E-state index in [0.717, 1.165) is 46.6 Å². The lowest BCUT2D eigenvalue weighted by Crippen LogP contribution is -2.15. The molecule has 1 N–H and O–H groups in total. The molecule has 2 heterocycles. The molecule has 0 amide bonds. The highest BCUT2D eigenvalue weighted by Crippen LogP contribution is 2.42. The second-order valence-electron chi connectivity index (χ2n) is 6.66. The topological polar surface area (TPSA) is 69.7 Å². The first-order valence-corrected chi connectivity index (χ1v) is 8.93. The third-order valence-electron chi connectivity index (χ3n) is 4.99. The van der Waals surface area contributed by atoms with Gasteiger partial charge in [0.1, 0.15) is 5.75 Å². The molecule has 0 unspecified atom stereocenters. The Morgan fingerprint density at radius 2 is 1.96 bits per heavy atom. The Balaban J connectivity index is 1.74. The van der Waals surface area contributed by atoms with Crippen LogP contribution < -0.4 is 19.5 Å². The van der Waals surface area contributed by atoms with E-state index in [-0.39, 0.29) is 12.6 Å². The standard InChI is InChI=1S/C21H18N2O4/c1-25-13-5-2-4-12(8-13)22-21-14-9-18-19(27-11-26-18)10-16(14)23-15-6-3-7-17(24)20(15)21/h2,4-5,8-10H,3,6-7,11H2,1H3,(H,22,23). The van der Waals surface area contributed by atoms with E-state index in [1.54, 1.807) is 7.11 Å². The van der Waals surface area contributed by atoms with Crippen molar-refractivity contribution in [3.8, 4) is 17.2 Å². The van der Waals surface area contributed by atoms with Gasteiger partial charge in [0, 0.05) is 29.6 Å². The van der Waals surface area contributed by atoms with Crippen LogP contribution in [0.4, 0.5) is 11.4 Å². The zero-order valence-electron chi connectivity index (χ0n) is 14.9. The van der Waals surface area contributed by atoms with Gasteiger partial charge >= 0.3 is 0 Å². The number of nitrogens with zero attached hydrogens (tertiary/aromatic N) is 1. The van der Waals surface area contributed by atoms with E-state index in [0.29, 0.717) is 23.5 Å². The van der Waals surface area contributed by atoms with Crippen molar-refractivity contribution in [3.63, 3.8) is 0 Å². The molecule has 3 aromatic rings. The maximum absolute atomic E-state index is 12.7. The van der Waals surface area contributed by atoms with Gasteiger partial charge < -0.3 is 19.5 Å². The Morgan fingerprint density at radius 3 is 2.81 bits per heavy atom. The number of hydrogen-bond donors (Lipinski definition) is 1. The number of carbonyl (C=O) groups excluding carboxylic acids is 1. The van der Waals surface area contributed by atoms with Crippen LogP contribution in [0.2, 0.25) is 0 Å². The van der Waals surface area contributed by atoms with Gasteiger partial charge in [-0.1, -0.05) is 6.07 Å². The normalized spacial score (nSPS) is 14.9. The molecule has 5 rings (SSSR count). The molecule has 6 nitrogen and oxygen atoms in total. The van der Waals surface area contributed by atoms with Crippen molar-refractivity contribution in [2.75, 3.05) is 19.2 Å². The maximum Gasteiger partial charge on any atom is 0.231 e. The van der Waals surface area contributed by atoms with Crippen molar-refractivity contribution in [2.24, 2.45) is 0 Å². The third kappa shape index (κ3) is 2.65. The van der Waals surface area contributed by atoms with E-state index in [4.69, 9.17) is 19.2 Å². The van der Waals surface area contributed by atoms with Crippen molar-refractivity contribution < 1.29 is 19.0 Å². The van der Waals surface area contributed by atoms with Crippen LogP contribution in [0.5, 0.6) is 17.2 Å². The molecule has 0 radical (unpaired) electrons. The first kappa shape index (κ1) is 15.9. The van der Waals surface area contributed by atoms with Gasteiger partial charge in [0.25, 0.3) is 0 Å². The van der Waals surface area contributed by atoms with Crippen LogP contribution in [0, 0.1) is 0 Å². The number of ether oxygens (including phenoxy) is 3. The highest BCUT2D eigenvalue weighted by molar-refractivity contribution is 6.11. The molecule has 1 aliphatic carbocycles. The molecule has 0 saturated heterocycles. The average molecular weight is 362 g/mol. The number of pyridine rings is 1. The molecular formula is C21H18N2O4. The first-order valence-electron chi connectivity index (χ1n) is 8.93. The summed E-state index contributed by atoms with van der Waals surface area (Å²) in [6.07, 6.45) is 2.16. The SMILES string of the molecule is COc1cccc(Nc2c3c(nc4cc5c(cc24)OCO5)CCCC3=O)c1. The molecule has 2 aromatic carbocycles. The van der Waals surface area contributed by atoms with Crippen LogP contribution in [0.25, 0.3) is 10.9 Å². The van der Waals surface area contributed by atoms with Crippen molar-refractivity contribution in [2.45, 2.75) is 19.3 Å². The number of Topliss-reactive ketones (excluding diaryl/α,β-unsaturated/α-hetero) is 1.